The largest absolute Gasteiger partial charge is 0.392 e. The van der Waals surface area contributed by atoms with Gasteiger partial charge in [0.15, 0.2) is 0 Å². The minimum Gasteiger partial charge on any atom is -0.383 e. The zero-order chi connectivity index (χ0) is 14.0. The Balaban J connectivity index is 2.26. The van der Waals surface area contributed by atoms with E-state index >= 15 is 0 Å². The number of aryl methyl sites for hydroxylation is 1. The number of nitrogens with zero attached hydrogens (tertiary/aromatic N) is 3. The van der Waals surface area contributed by atoms with E-state index in [9.17, 15) is 15.2 Å². The van der Waals surface area contributed by atoms with Crippen LogP contribution in [0.1, 0.15) is 18.1 Å². The maximum Gasteiger partial charge on any atom is 0.392 e. The number of nitro groups is 1. The summed E-state index contributed by atoms with van der Waals surface area (Å²) in [7, 11) is 0. The van der Waals surface area contributed by atoms with E-state index in [0.717, 1.165) is 5.56 Å². The average molecular weight is 261 g/mol. The normalized spacial score (nSPS) is 14.1. The molecule has 2 rings (SSSR count). The number of hydrogen-bond acceptors (Lipinski definition) is 4. The molecule has 0 fully saturated rings. The molecule has 1 unspecified atom stereocenters. The predicted molar refractivity (Wildman–Crippen MR) is 69.6 cm³/mol. The van der Waals surface area contributed by atoms with Gasteiger partial charge in [-0.25, -0.2) is 0 Å². The maximum atomic E-state index is 10.7. The fourth-order valence-electron chi connectivity index (χ4n) is 1.98. The number of aliphatic hydroxyl groups is 1. The molecule has 0 saturated heterocycles. The first-order valence-corrected chi connectivity index (χ1v) is 5.86. The van der Waals surface area contributed by atoms with Crippen LogP contribution in [0.25, 0.3) is 0 Å². The van der Waals surface area contributed by atoms with E-state index in [4.69, 9.17) is 0 Å². The molecular formula is C13H15N3O3. The summed E-state index contributed by atoms with van der Waals surface area (Å²) >= 11 is 0. The van der Waals surface area contributed by atoms with Crippen molar-refractivity contribution in [1.82, 2.24) is 9.78 Å². The Labute approximate surface area is 110 Å². The highest BCUT2D eigenvalue weighted by molar-refractivity contribution is 5.28. The molecule has 1 aromatic heterocycles. The van der Waals surface area contributed by atoms with Crippen LogP contribution in [0.15, 0.2) is 36.5 Å². The van der Waals surface area contributed by atoms with E-state index in [2.05, 4.69) is 5.10 Å². The van der Waals surface area contributed by atoms with Crippen LogP contribution in [0.2, 0.25) is 0 Å². The van der Waals surface area contributed by atoms with Gasteiger partial charge in [0, 0.05) is 0 Å². The first-order chi connectivity index (χ1) is 8.90. The molecule has 0 aliphatic heterocycles. The van der Waals surface area contributed by atoms with E-state index in [-0.39, 0.29) is 12.4 Å². The summed E-state index contributed by atoms with van der Waals surface area (Å²) < 4.78 is 1.40. The third-order valence-electron chi connectivity index (χ3n) is 2.96. The van der Waals surface area contributed by atoms with Crippen molar-refractivity contribution >= 4 is 5.82 Å². The quantitative estimate of drug-likeness (QED) is 0.674. The lowest BCUT2D eigenvalue weighted by Crippen LogP contribution is -2.28. The van der Waals surface area contributed by atoms with Crippen LogP contribution in [-0.4, -0.2) is 19.8 Å². The van der Waals surface area contributed by atoms with E-state index in [1.165, 1.54) is 4.68 Å². The topological polar surface area (TPSA) is 81.2 Å². The molecule has 0 radical (unpaired) electrons. The van der Waals surface area contributed by atoms with Crippen LogP contribution in [0.5, 0.6) is 0 Å². The summed E-state index contributed by atoms with van der Waals surface area (Å²) in [5.41, 5.74) is 0.0906. The molecule has 2 aromatic rings. The van der Waals surface area contributed by atoms with Crippen molar-refractivity contribution in [2.24, 2.45) is 0 Å². The van der Waals surface area contributed by atoms with Crippen molar-refractivity contribution in [3.63, 3.8) is 0 Å². The molecule has 19 heavy (non-hydrogen) atoms. The third kappa shape index (κ3) is 2.79. The summed E-state index contributed by atoms with van der Waals surface area (Å²) in [4.78, 5) is 10.2. The van der Waals surface area contributed by atoms with E-state index in [1.807, 2.05) is 30.3 Å². The maximum absolute atomic E-state index is 10.7. The number of hydrogen-bond donors (Lipinski definition) is 1. The summed E-state index contributed by atoms with van der Waals surface area (Å²) in [5.74, 6) is -0.177. The highest BCUT2D eigenvalue weighted by atomic mass is 16.6. The van der Waals surface area contributed by atoms with Gasteiger partial charge < -0.3 is 15.2 Å². The number of aromatic nitrogens is 2. The molecule has 0 saturated carbocycles. The second-order valence-electron chi connectivity index (χ2n) is 4.73. The lowest BCUT2D eigenvalue weighted by Gasteiger charge is -2.22. The van der Waals surface area contributed by atoms with Crippen molar-refractivity contribution in [2.75, 3.05) is 0 Å². The molecule has 0 aliphatic rings. The van der Waals surface area contributed by atoms with Crippen LogP contribution < -0.4 is 0 Å². The van der Waals surface area contributed by atoms with Crippen LogP contribution >= 0.6 is 0 Å². The molecule has 6 heteroatoms. The second kappa shape index (κ2) is 4.81. The van der Waals surface area contributed by atoms with Crippen molar-refractivity contribution in [2.45, 2.75) is 26.0 Å². The van der Waals surface area contributed by atoms with Crippen LogP contribution in [0.3, 0.4) is 0 Å². The van der Waals surface area contributed by atoms with Crippen molar-refractivity contribution in [3.8, 4) is 0 Å². The summed E-state index contributed by atoms with van der Waals surface area (Å²) in [5, 5.41) is 25.1. The first kappa shape index (κ1) is 13.2. The predicted octanol–water partition coefficient (Wildman–Crippen LogP) is 2.01. The van der Waals surface area contributed by atoms with Gasteiger partial charge >= 0.3 is 5.82 Å². The van der Waals surface area contributed by atoms with Crippen molar-refractivity contribution in [1.29, 1.82) is 0 Å². The van der Waals surface area contributed by atoms with Gasteiger partial charge in [0.05, 0.1) is 23.4 Å². The van der Waals surface area contributed by atoms with Crippen molar-refractivity contribution < 1.29 is 10.0 Å². The minimum absolute atomic E-state index is 0.158. The molecule has 1 aromatic carbocycles. The lowest BCUT2D eigenvalue weighted by atomic mass is 9.96. The fraction of sp³-hybridized carbons (Fsp3) is 0.308. The standard InChI is InChI=1S/C13H15N3O3/c1-10-8-15(14-12(10)16(18)19)9-13(2,17)11-6-4-3-5-7-11/h3-8,17H,9H2,1-2H3. The van der Waals surface area contributed by atoms with Gasteiger partial charge in [-0.3, -0.25) is 0 Å². The van der Waals surface area contributed by atoms with Gasteiger partial charge in [-0.1, -0.05) is 30.3 Å². The molecule has 100 valence electrons. The Hall–Kier alpha value is -2.21. The second-order valence-corrected chi connectivity index (χ2v) is 4.73. The molecular weight excluding hydrogens is 246 g/mol. The Morgan fingerprint density at radius 2 is 2.05 bits per heavy atom. The number of benzene rings is 1. The monoisotopic (exact) mass is 261 g/mol. The van der Waals surface area contributed by atoms with Gasteiger partial charge in [-0.05, 0) is 24.3 Å². The Kier molecular flexibility index (Phi) is 3.35. The van der Waals surface area contributed by atoms with Gasteiger partial charge in [0.2, 0.25) is 0 Å². The van der Waals surface area contributed by atoms with E-state index in [0.29, 0.717) is 5.56 Å². The highest BCUT2D eigenvalue weighted by Gasteiger charge is 2.27. The molecule has 0 bridgehead atoms. The average Bonchev–Trinajstić information content (AvgIpc) is 2.71. The molecule has 0 aliphatic carbocycles. The van der Waals surface area contributed by atoms with Gasteiger partial charge in [-0.2, -0.15) is 4.68 Å². The first-order valence-electron chi connectivity index (χ1n) is 5.86. The Bertz CT molecular complexity index is 590. The van der Waals surface area contributed by atoms with Gasteiger partial charge in [-0.15, -0.1) is 0 Å². The summed E-state index contributed by atoms with van der Waals surface area (Å²) in [6.45, 7) is 3.44. The summed E-state index contributed by atoms with van der Waals surface area (Å²) in [6, 6.07) is 9.15. The zero-order valence-corrected chi connectivity index (χ0v) is 10.8. The molecule has 6 nitrogen and oxygen atoms in total. The van der Waals surface area contributed by atoms with Gasteiger partial charge in [0.1, 0.15) is 5.60 Å². The molecule has 1 N–H and O–H groups in total. The minimum atomic E-state index is -1.13. The molecule has 0 amide bonds. The molecule has 0 spiro atoms. The van der Waals surface area contributed by atoms with E-state index in [1.54, 1.807) is 20.0 Å². The van der Waals surface area contributed by atoms with Crippen LogP contribution in [0.4, 0.5) is 5.82 Å². The smallest absolute Gasteiger partial charge is 0.383 e. The zero-order valence-electron chi connectivity index (χ0n) is 10.8. The van der Waals surface area contributed by atoms with E-state index < -0.39 is 10.5 Å². The Morgan fingerprint density at radius 3 is 2.58 bits per heavy atom. The molecule has 1 atom stereocenters. The van der Waals surface area contributed by atoms with Gasteiger partial charge in [0.25, 0.3) is 0 Å². The molecule has 1 heterocycles. The van der Waals surface area contributed by atoms with Crippen molar-refractivity contribution in [3.05, 3.63) is 57.8 Å². The third-order valence-corrected chi connectivity index (χ3v) is 2.96. The SMILES string of the molecule is Cc1cn(CC(C)(O)c2ccccc2)nc1[N+](=O)[O-]. The lowest BCUT2D eigenvalue weighted by molar-refractivity contribution is -0.390. The highest BCUT2D eigenvalue weighted by Crippen LogP contribution is 2.23. The number of rotatable bonds is 4. The summed E-state index contributed by atoms with van der Waals surface area (Å²) in [6.07, 6.45) is 1.57. The Morgan fingerprint density at radius 1 is 1.42 bits per heavy atom. The van der Waals surface area contributed by atoms with Crippen LogP contribution in [0, 0.1) is 17.0 Å². The van der Waals surface area contributed by atoms with Crippen LogP contribution in [-0.2, 0) is 12.1 Å². The fourth-order valence-corrected chi connectivity index (χ4v) is 1.98.